The average Bonchev–Trinajstić information content (AvgIpc) is 2.84. The Morgan fingerprint density at radius 2 is 2.15 bits per heavy atom. The van der Waals surface area contributed by atoms with E-state index in [1.54, 1.807) is 6.07 Å². The highest BCUT2D eigenvalue weighted by molar-refractivity contribution is 5.97. The molecule has 0 saturated heterocycles. The third-order valence-corrected chi connectivity index (χ3v) is 4.30. The molecule has 1 saturated carbocycles. The molecule has 108 valence electrons. The molecule has 1 aromatic rings. The zero-order chi connectivity index (χ0) is 14.2. The van der Waals surface area contributed by atoms with Crippen molar-refractivity contribution >= 4 is 23.0 Å². The average molecular weight is 275 g/mol. The lowest BCUT2D eigenvalue weighted by atomic mass is 9.89. The molecule has 1 amide bonds. The largest absolute Gasteiger partial charge is 0.482 e. The molecule has 0 bridgehead atoms. The fourth-order valence-corrected chi connectivity index (χ4v) is 3.01. The fourth-order valence-electron chi connectivity index (χ4n) is 3.01. The van der Waals surface area contributed by atoms with Gasteiger partial charge in [-0.15, -0.1) is 0 Å². The number of ether oxygens (including phenoxy) is 1. The van der Waals surface area contributed by atoms with Gasteiger partial charge in [0.2, 0.25) is 0 Å². The molecule has 0 radical (unpaired) electrons. The summed E-state index contributed by atoms with van der Waals surface area (Å²) in [5.41, 5.74) is 8.61. The Bertz CT molecular complexity index is 536. The number of hydrogen-bond acceptors (Lipinski definition) is 4. The van der Waals surface area contributed by atoms with Gasteiger partial charge in [-0.2, -0.15) is 0 Å². The maximum atomic E-state index is 11.4. The Kier molecular flexibility index (Phi) is 3.20. The number of hydrogen-bond donors (Lipinski definition) is 3. The molecule has 3 rings (SSSR count). The second kappa shape index (κ2) is 4.89. The van der Waals surface area contributed by atoms with Gasteiger partial charge in [0.15, 0.2) is 6.61 Å². The summed E-state index contributed by atoms with van der Waals surface area (Å²) >= 11 is 0. The SMILES string of the molecule is CC1(CNc2cc3c(cc2N)OCC(=O)N3)CCCC1. The van der Waals surface area contributed by atoms with Crippen LogP contribution in [-0.2, 0) is 4.79 Å². The molecule has 0 unspecified atom stereocenters. The summed E-state index contributed by atoms with van der Waals surface area (Å²) in [4.78, 5) is 11.4. The summed E-state index contributed by atoms with van der Waals surface area (Å²) in [6.45, 7) is 3.27. The molecule has 4 N–H and O–H groups in total. The van der Waals surface area contributed by atoms with Crippen molar-refractivity contribution in [2.75, 3.05) is 29.5 Å². The highest BCUT2D eigenvalue weighted by Crippen LogP contribution is 2.39. The molecule has 5 heteroatoms. The third kappa shape index (κ3) is 2.53. The van der Waals surface area contributed by atoms with Crippen LogP contribution in [0.2, 0.25) is 0 Å². The summed E-state index contributed by atoms with van der Waals surface area (Å²) in [5, 5.41) is 6.23. The molecule has 20 heavy (non-hydrogen) atoms. The first kappa shape index (κ1) is 13.1. The number of carbonyl (C=O) groups is 1. The van der Waals surface area contributed by atoms with Gasteiger partial charge in [-0.1, -0.05) is 19.8 Å². The van der Waals surface area contributed by atoms with Crippen LogP contribution in [0.25, 0.3) is 0 Å². The molecule has 1 aromatic carbocycles. The van der Waals surface area contributed by atoms with Gasteiger partial charge in [0.25, 0.3) is 5.91 Å². The summed E-state index contributed by atoms with van der Waals surface area (Å²) in [6, 6.07) is 3.63. The van der Waals surface area contributed by atoms with Crippen molar-refractivity contribution in [3.63, 3.8) is 0 Å². The van der Waals surface area contributed by atoms with E-state index >= 15 is 0 Å². The van der Waals surface area contributed by atoms with E-state index in [1.807, 2.05) is 6.07 Å². The van der Waals surface area contributed by atoms with E-state index in [4.69, 9.17) is 10.5 Å². The van der Waals surface area contributed by atoms with Gasteiger partial charge in [-0.3, -0.25) is 4.79 Å². The van der Waals surface area contributed by atoms with Crippen LogP contribution in [0.3, 0.4) is 0 Å². The number of amides is 1. The van der Waals surface area contributed by atoms with E-state index in [0.29, 0.717) is 22.5 Å². The van der Waals surface area contributed by atoms with Crippen molar-refractivity contribution < 1.29 is 9.53 Å². The fraction of sp³-hybridized carbons (Fsp3) is 0.533. The summed E-state index contributed by atoms with van der Waals surface area (Å²) in [5.74, 6) is 0.510. The minimum absolute atomic E-state index is 0.0529. The highest BCUT2D eigenvalue weighted by atomic mass is 16.5. The summed E-state index contributed by atoms with van der Waals surface area (Å²) < 4.78 is 5.35. The molecule has 0 spiro atoms. The van der Waals surface area contributed by atoms with Gasteiger partial charge >= 0.3 is 0 Å². The van der Waals surface area contributed by atoms with E-state index in [-0.39, 0.29) is 12.5 Å². The van der Waals surface area contributed by atoms with Crippen molar-refractivity contribution in [1.82, 2.24) is 0 Å². The minimum Gasteiger partial charge on any atom is -0.482 e. The maximum Gasteiger partial charge on any atom is 0.262 e. The van der Waals surface area contributed by atoms with Crippen LogP contribution in [0.5, 0.6) is 5.75 Å². The number of nitrogen functional groups attached to an aromatic ring is 1. The zero-order valence-corrected chi connectivity index (χ0v) is 11.8. The van der Waals surface area contributed by atoms with Crippen LogP contribution in [0, 0.1) is 5.41 Å². The highest BCUT2D eigenvalue weighted by Gasteiger charge is 2.28. The Labute approximate surface area is 118 Å². The lowest BCUT2D eigenvalue weighted by molar-refractivity contribution is -0.118. The third-order valence-electron chi connectivity index (χ3n) is 4.30. The number of nitrogens with two attached hydrogens (primary N) is 1. The monoisotopic (exact) mass is 275 g/mol. The number of fused-ring (bicyclic) bond motifs is 1. The van der Waals surface area contributed by atoms with Crippen molar-refractivity contribution in [2.45, 2.75) is 32.6 Å². The number of rotatable bonds is 3. The summed E-state index contributed by atoms with van der Waals surface area (Å²) in [6.07, 6.45) is 5.12. The van der Waals surface area contributed by atoms with E-state index < -0.39 is 0 Å². The molecule has 1 fully saturated rings. The Balaban J connectivity index is 1.76. The van der Waals surface area contributed by atoms with Crippen LogP contribution in [-0.4, -0.2) is 19.1 Å². The van der Waals surface area contributed by atoms with E-state index in [0.717, 1.165) is 12.2 Å². The quantitative estimate of drug-likeness (QED) is 0.741. The van der Waals surface area contributed by atoms with Gasteiger partial charge in [0, 0.05) is 12.6 Å². The second-order valence-electron chi connectivity index (χ2n) is 6.14. The number of benzene rings is 1. The van der Waals surface area contributed by atoms with Gasteiger partial charge in [0.1, 0.15) is 5.75 Å². The van der Waals surface area contributed by atoms with E-state index in [9.17, 15) is 4.79 Å². The zero-order valence-electron chi connectivity index (χ0n) is 11.8. The van der Waals surface area contributed by atoms with Crippen LogP contribution < -0.4 is 21.1 Å². The molecular formula is C15H21N3O2. The van der Waals surface area contributed by atoms with Crippen LogP contribution in [0.15, 0.2) is 12.1 Å². The van der Waals surface area contributed by atoms with Crippen LogP contribution in [0.1, 0.15) is 32.6 Å². The minimum atomic E-state index is -0.129. The maximum absolute atomic E-state index is 11.4. The predicted molar refractivity (Wildman–Crippen MR) is 80.0 cm³/mol. The first-order valence-corrected chi connectivity index (χ1v) is 7.16. The number of nitrogens with one attached hydrogen (secondary N) is 2. The Hall–Kier alpha value is -1.91. The molecular weight excluding hydrogens is 254 g/mol. The van der Waals surface area contributed by atoms with Gasteiger partial charge in [-0.05, 0) is 24.3 Å². The molecule has 5 nitrogen and oxygen atoms in total. The van der Waals surface area contributed by atoms with Gasteiger partial charge in [0.05, 0.1) is 17.1 Å². The molecule has 1 aliphatic carbocycles. The lowest BCUT2D eigenvalue weighted by Crippen LogP contribution is -2.26. The standard InChI is InChI=1S/C15H21N3O2/c1-15(4-2-3-5-15)9-17-11-7-12-13(6-10(11)16)20-8-14(19)18-12/h6-7,17H,2-5,8-9,16H2,1H3,(H,18,19). The predicted octanol–water partition coefficient (Wildman–Crippen LogP) is 2.59. The van der Waals surface area contributed by atoms with Gasteiger partial charge in [-0.25, -0.2) is 0 Å². The van der Waals surface area contributed by atoms with Crippen molar-refractivity contribution in [2.24, 2.45) is 5.41 Å². The smallest absolute Gasteiger partial charge is 0.262 e. The van der Waals surface area contributed by atoms with E-state index in [1.165, 1.54) is 25.7 Å². The summed E-state index contributed by atoms with van der Waals surface area (Å²) in [7, 11) is 0. The lowest BCUT2D eigenvalue weighted by Gasteiger charge is -2.26. The van der Waals surface area contributed by atoms with Crippen LogP contribution in [0.4, 0.5) is 17.1 Å². The molecule has 1 heterocycles. The number of carbonyl (C=O) groups excluding carboxylic acids is 1. The molecule has 2 aliphatic rings. The first-order valence-electron chi connectivity index (χ1n) is 7.16. The first-order chi connectivity index (χ1) is 9.56. The van der Waals surface area contributed by atoms with E-state index in [2.05, 4.69) is 17.6 Å². The van der Waals surface area contributed by atoms with Crippen molar-refractivity contribution in [3.05, 3.63) is 12.1 Å². The van der Waals surface area contributed by atoms with Crippen molar-refractivity contribution in [1.29, 1.82) is 0 Å². The molecule has 0 atom stereocenters. The second-order valence-corrected chi connectivity index (χ2v) is 6.14. The Morgan fingerprint density at radius 3 is 2.90 bits per heavy atom. The number of anilines is 3. The molecule has 1 aliphatic heterocycles. The molecule has 0 aromatic heterocycles. The van der Waals surface area contributed by atoms with Crippen LogP contribution >= 0.6 is 0 Å². The normalized spacial score (nSPS) is 19.9. The van der Waals surface area contributed by atoms with Crippen molar-refractivity contribution in [3.8, 4) is 5.75 Å². The van der Waals surface area contributed by atoms with Gasteiger partial charge < -0.3 is 21.1 Å². The topological polar surface area (TPSA) is 76.4 Å². The Morgan fingerprint density at radius 1 is 1.40 bits per heavy atom.